The Morgan fingerprint density at radius 1 is 1.75 bits per heavy atom. The summed E-state index contributed by atoms with van der Waals surface area (Å²) in [5.74, 6) is -1.26. The van der Waals surface area contributed by atoms with Crippen molar-refractivity contribution in [2.75, 3.05) is 0 Å². The molecular weight excluding hydrogens is 196 g/mol. The fraction of sp³-hybridized carbons (Fsp3) is 0.375. The second-order valence-corrected chi connectivity index (χ2v) is 4.37. The lowest BCUT2D eigenvalue weighted by molar-refractivity contribution is -0.138. The van der Waals surface area contributed by atoms with Crippen LogP contribution in [0.2, 0.25) is 4.34 Å². The number of carbonyl (C=O) groups is 1. The molecule has 66 valence electrons. The molecule has 1 rings (SSSR count). The van der Waals surface area contributed by atoms with Crippen LogP contribution in [0.15, 0.2) is 6.07 Å². The molecule has 0 radical (unpaired) electrons. The van der Waals surface area contributed by atoms with Crippen LogP contribution in [0.5, 0.6) is 0 Å². The minimum absolute atomic E-state index is 0.456. The number of halogens is 1. The first-order valence-electron chi connectivity index (χ1n) is 3.51. The number of aryl methyl sites for hydroxylation is 1. The molecular formula is C8H9ClO2S. The lowest BCUT2D eigenvalue weighted by Crippen LogP contribution is -2.06. The van der Waals surface area contributed by atoms with Crippen molar-refractivity contribution in [3.63, 3.8) is 0 Å². The summed E-state index contributed by atoms with van der Waals surface area (Å²) in [6.45, 7) is 3.54. The van der Waals surface area contributed by atoms with Gasteiger partial charge in [0.05, 0.1) is 10.3 Å². The van der Waals surface area contributed by atoms with Gasteiger partial charge in [0.15, 0.2) is 0 Å². The Bertz CT molecular complexity index is 306. The van der Waals surface area contributed by atoms with Gasteiger partial charge in [-0.2, -0.15) is 0 Å². The van der Waals surface area contributed by atoms with Crippen LogP contribution >= 0.6 is 22.9 Å². The maximum atomic E-state index is 10.6. The Kier molecular flexibility index (Phi) is 2.75. The van der Waals surface area contributed by atoms with E-state index in [2.05, 4.69) is 0 Å². The predicted octanol–water partition coefficient (Wildman–Crippen LogP) is 2.90. The lowest BCUT2D eigenvalue weighted by Gasteiger charge is -2.03. The molecule has 1 unspecified atom stereocenters. The Labute approximate surface area is 79.8 Å². The van der Waals surface area contributed by atoms with Gasteiger partial charge in [0, 0.05) is 4.88 Å². The Morgan fingerprint density at radius 2 is 2.33 bits per heavy atom. The summed E-state index contributed by atoms with van der Waals surface area (Å²) in [5.41, 5.74) is 0.958. The van der Waals surface area contributed by atoms with Gasteiger partial charge in [0.1, 0.15) is 0 Å². The van der Waals surface area contributed by atoms with E-state index < -0.39 is 11.9 Å². The van der Waals surface area contributed by atoms with E-state index in [1.165, 1.54) is 11.3 Å². The van der Waals surface area contributed by atoms with Crippen LogP contribution in [0.4, 0.5) is 0 Å². The third-order valence-corrected chi connectivity index (χ3v) is 3.24. The van der Waals surface area contributed by atoms with Crippen LogP contribution in [0.3, 0.4) is 0 Å². The average Bonchev–Trinajstić information content (AvgIpc) is 2.28. The second kappa shape index (κ2) is 3.46. The van der Waals surface area contributed by atoms with Crippen molar-refractivity contribution in [2.24, 2.45) is 0 Å². The molecule has 2 nitrogen and oxygen atoms in total. The summed E-state index contributed by atoms with van der Waals surface area (Å²) in [4.78, 5) is 11.5. The van der Waals surface area contributed by atoms with Gasteiger partial charge in [-0.25, -0.2) is 0 Å². The SMILES string of the molecule is Cc1cc(Cl)sc1C(C)C(=O)O. The van der Waals surface area contributed by atoms with Gasteiger partial charge in [-0.3, -0.25) is 4.79 Å². The number of rotatable bonds is 2. The Balaban J connectivity index is 3.02. The molecule has 0 saturated heterocycles. The quantitative estimate of drug-likeness (QED) is 0.805. The van der Waals surface area contributed by atoms with E-state index in [9.17, 15) is 4.79 Å². The minimum Gasteiger partial charge on any atom is -0.481 e. The molecule has 0 fully saturated rings. The van der Waals surface area contributed by atoms with Crippen LogP contribution in [-0.4, -0.2) is 11.1 Å². The van der Waals surface area contributed by atoms with Gasteiger partial charge in [-0.1, -0.05) is 11.6 Å². The summed E-state index contributed by atoms with van der Waals surface area (Å²) < 4.78 is 0.649. The molecule has 1 aromatic heterocycles. The summed E-state index contributed by atoms with van der Waals surface area (Å²) >= 11 is 7.08. The Hall–Kier alpha value is -0.540. The smallest absolute Gasteiger partial charge is 0.311 e. The number of hydrogen-bond acceptors (Lipinski definition) is 2. The van der Waals surface area contributed by atoms with Crippen LogP contribution < -0.4 is 0 Å². The van der Waals surface area contributed by atoms with Crippen LogP contribution in [0.1, 0.15) is 23.3 Å². The van der Waals surface area contributed by atoms with Crippen molar-refractivity contribution in [2.45, 2.75) is 19.8 Å². The molecule has 1 heterocycles. The largest absolute Gasteiger partial charge is 0.481 e. The van der Waals surface area contributed by atoms with Crippen molar-refractivity contribution < 1.29 is 9.90 Å². The first-order valence-corrected chi connectivity index (χ1v) is 4.70. The highest BCUT2D eigenvalue weighted by Gasteiger charge is 2.18. The molecule has 0 aliphatic heterocycles. The van der Waals surface area contributed by atoms with Crippen molar-refractivity contribution in [3.8, 4) is 0 Å². The first-order chi connectivity index (χ1) is 5.52. The molecule has 0 amide bonds. The van der Waals surface area contributed by atoms with Crippen LogP contribution in [0.25, 0.3) is 0 Å². The number of carboxylic acids is 1. The van der Waals surface area contributed by atoms with E-state index in [1.54, 1.807) is 13.0 Å². The number of thiophene rings is 1. The lowest BCUT2D eigenvalue weighted by atomic mass is 10.1. The number of hydrogen-bond donors (Lipinski definition) is 1. The maximum Gasteiger partial charge on any atom is 0.311 e. The molecule has 4 heteroatoms. The monoisotopic (exact) mass is 204 g/mol. The van der Waals surface area contributed by atoms with E-state index in [0.29, 0.717) is 4.34 Å². The van der Waals surface area contributed by atoms with Crippen molar-refractivity contribution in [1.82, 2.24) is 0 Å². The fourth-order valence-corrected chi connectivity index (χ4v) is 2.35. The van der Waals surface area contributed by atoms with E-state index in [0.717, 1.165) is 10.4 Å². The predicted molar refractivity (Wildman–Crippen MR) is 50.1 cm³/mol. The first kappa shape index (κ1) is 9.55. The van der Waals surface area contributed by atoms with Crippen LogP contribution in [-0.2, 0) is 4.79 Å². The highest BCUT2D eigenvalue weighted by atomic mass is 35.5. The third kappa shape index (κ3) is 1.79. The topological polar surface area (TPSA) is 37.3 Å². The van der Waals surface area contributed by atoms with Gasteiger partial charge >= 0.3 is 5.97 Å². The standard InChI is InChI=1S/C8H9ClO2S/c1-4-3-6(9)12-7(4)5(2)8(10)11/h3,5H,1-2H3,(H,10,11). The highest BCUT2D eigenvalue weighted by molar-refractivity contribution is 7.16. The summed E-state index contributed by atoms with van der Waals surface area (Å²) in [6, 6.07) is 1.79. The fourth-order valence-electron chi connectivity index (χ4n) is 0.998. The minimum atomic E-state index is -0.809. The summed E-state index contributed by atoms with van der Waals surface area (Å²) in [7, 11) is 0. The van der Waals surface area contributed by atoms with Gasteiger partial charge in [-0.05, 0) is 25.5 Å². The molecule has 0 bridgehead atoms. The van der Waals surface area contributed by atoms with E-state index in [1.807, 2.05) is 6.92 Å². The van der Waals surface area contributed by atoms with Gasteiger partial charge in [0.2, 0.25) is 0 Å². The van der Waals surface area contributed by atoms with Gasteiger partial charge in [-0.15, -0.1) is 11.3 Å². The average molecular weight is 205 g/mol. The zero-order valence-electron chi connectivity index (χ0n) is 6.80. The van der Waals surface area contributed by atoms with E-state index in [4.69, 9.17) is 16.7 Å². The highest BCUT2D eigenvalue weighted by Crippen LogP contribution is 2.32. The molecule has 0 aliphatic carbocycles. The second-order valence-electron chi connectivity index (χ2n) is 2.66. The zero-order chi connectivity index (χ0) is 9.30. The number of carboxylic acid groups (broad SMARTS) is 1. The Morgan fingerprint density at radius 3 is 2.67 bits per heavy atom. The summed E-state index contributed by atoms with van der Waals surface area (Å²) in [5, 5.41) is 8.73. The molecule has 0 aromatic carbocycles. The van der Waals surface area contributed by atoms with Crippen molar-refractivity contribution >= 4 is 28.9 Å². The van der Waals surface area contributed by atoms with Crippen LogP contribution in [0, 0.1) is 6.92 Å². The normalized spacial score (nSPS) is 12.9. The van der Waals surface area contributed by atoms with E-state index >= 15 is 0 Å². The summed E-state index contributed by atoms with van der Waals surface area (Å²) in [6.07, 6.45) is 0. The molecule has 0 spiro atoms. The molecule has 1 atom stereocenters. The van der Waals surface area contributed by atoms with Crippen molar-refractivity contribution in [1.29, 1.82) is 0 Å². The molecule has 12 heavy (non-hydrogen) atoms. The van der Waals surface area contributed by atoms with E-state index in [-0.39, 0.29) is 0 Å². The van der Waals surface area contributed by atoms with Crippen molar-refractivity contribution in [3.05, 3.63) is 20.8 Å². The molecule has 0 saturated carbocycles. The third-order valence-electron chi connectivity index (χ3n) is 1.69. The van der Waals surface area contributed by atoms with Gasteiger partial charge in [0.25, 0.3) is 0 Å². The maximum absolute atomic E-state index is 10.6. The molecule has 1 aromatic rings. The zero-order valence-corrected chi connectivity index (χ0v) is 8.37. The van der Waals surface area contributed by atoms with Gasteiger partial charge < -0.3 is 5.11 Å². The number of aliphatic carboxylic acids is 1. The molecule has 1 N–H and O–H groups in total. The molecule has 0 aliphatic rings.